The number of anilines is 1. The lowest BCUT2D eigenvalue weighted by atomic mass is 10.1. The fourth-order valence-corrected chi connectivity index (χ4v) is 2.81. The number of nitrogens with one attached hydrogen (secondary N) is 2. The highest BCUT2D eigenvalue weighted by atomic mass is 127. The second kappa shape index (κ2) is 10.6. The molecule has 1 fully saturated rings. The lowest BCUT2D eigenvalue weighted by Crippen LogP contribution is -2.40. The molecule has 6 heteroatoms. The molecule has 0 spiro atoms. The van der Waals surface area contributed by atoms with Crippen LogP contribution in [-0.4, -0.2) is 46.3 Å². The Morgan fingerprint density at radius 2 is 2.13 bits per heavy atom. The van der Waals surface area contributed by atoms with Gasteiger partial charge in [0.2, 0.25) is 0 Å². The number of halogens is 1. The second-order valence-corrected chi connectivity index (χ2v) is 5.65. The molecule has 1 unspecified atom stereocenters. The minimum atomic E-state index is 0. The Hall–Kier alpha value is -1.18. The molecule has 23 heavy (non-hydrogen) atoms. The highest BCUT2D eigenvalue weighted by Crippen LogP contribution is 2.31. The number of para-hydroxylation sites is 2. The quantitative estimate of drug-likeness (QED) is 0.413. The zero-order valence-electron chi connectivity index (χ0n) is 14.3. The summed E-state index contributed by atoms with van der Waals surface area (Å²) in [5.74, 6) is 2.49. The van der Waals surface area contributed by atoms with Gasteiger partial charge in [-0.2, -0.15) is 0 Å². The van der Waals surface area contributed by atoms with Crippen molar-refractivity contribution in [2.24, 2.45) is 10.9 Å². The predicted octanol–water partition coefficient (Wildman–Crippen LogP) is 2.71. The van der Waals surface area contributed by atoms with Crippen molar-refractivity contribution in [2.75, 3.05) is 45.2 Å². The maximum Gasteiger partial charge on any atom is 0.190 e. The SMILES string of the molecule is CCCNC(=NC)NCC1CCN(c2ccccc2OC)C1.I. The molecular weight excluding hydrogens is 403 g/mol. The summed E-state index contributed by atoms with van der Waals surface area (Å²) >= 11 is 0. The van der Waals surface area contributed by atoms with Gasteiger partial charge in [-0.25, -0.2) is 0 Å². The molecule has 0 aliphatic carbocycles. The molecule has 1 heterocycles. The van der Waals surface area contributed by atoms with Crippen LogP contribution in [0.1, 0.15) is 19.8 Å². The first-order valence-corrected chi connectivity index (χ1v) is 8.11. The van der Waals surface area contributed by atoms with E-state index in [1.807, 2.05) is 19.2 Å². The predicted molar refractivity (Wildman–Crippen MR) is 108 cm³/mol. The van der Waals surface area contributed by atoms with E-state index < -0.39 is 0 Å². The van der Waals surface area contributed by atoms with Gasteiger partial charge in [-0.05, 0) is 30.9 Å². The van der Waals surface area contributed by atoms with Crippen molar-refractivity contribution < 1.29 is 4.74 Å². The van der Waals surface area contributed by atoms with E-state index in [-0.39, 0.29) is 24.0 Å². The Labute approximate surface area is 156 Å². The first kappa shape index (κ1) is 19.9. The van der Waals surface area contributed by atoms with Crippen LogP contribution in [0.2, 0.25) is 0 Å². The molecule has 1 aromatic carbocycles. The molecule has 1 aliphatic rings. The zero-order chi connectivity index (χ0) is 15.8. The number of hydrogen-bond acceptors (Lipinski definition) is 3. The molecule has 1 saturated heterocycles. The van der Waals surface area contributed by atoms with Crippen LogP contribution in [0.4, 0.5) is 5.69 Å². The summed E-state index contributed by atoms with van der Waals surface area (Å²) in [6.45, 7) is 6.20. The molecule has 0 saturated carbocycles. The first-order chi connectivity index (χ1) is 10.8. The minimum absolute atomic E-state index is 0. The van der Waals surface area contributed by atoms with Crippen molar-refractivity contribution in [3.8, 4) is 5.75 Å². The molecule has 5 nitrogen and oxygen atoms in total. The Balaban J connectivity index is 0.00000264. The van der Waals surface area contributed by atoms with Gasteiger partial charge in [-0.15, -0.1) is 24.0 Å². The van der Waals surface area contributed by atoms with E-state index in [0.29, 0.717) is 5.92 Å². The average Bonchev–Trinajstić information content (AvgIpc) is 3.04. The third-order valence-corrected chi connectivity index (χ3v) is 4.04. The molecule has 0 radical (unpaired) electrons. The van der Waals surface area contributed by atoms with Crippen LogP contribution in [-0.2, 0) is 0 Å². The van der Waals surface area contributed by atoms with Crippen molar-refractivity contribution in [2.45, 2.75) is 19.8 Å². The lowest BCUT2D eigenvalue weighted by molar-refractivity contribution is 0.414. The maximum absolute atomic E-state index is 5.47. The maximum atomic E-state index is 5.47. The number of nitrogens with zero attached hydrogens (tertiary/aromatic N) is 2. The van der Waals surface area contributed by atoms with Gasteiger partial charge >= 0.3 is 0 Å². The topological polar surface area (TPSA) is 48.9 Å². The normalized spacial score (nSPS) is 17.6. The van der Waals surface area contributed by atoms with Crippen molar-refractivity contribution >= 4 is 35.6 Å². The number of guanidine groups is 1. The Morgan fingerprint density at radius 3 is 2.83 bits per heavy atom. The van der Waals surface area contributed by atoms with Crippen LogP contribution in [0.5, 0.6) is 5.75 Å². The molecular formula is C17H29IN4O. The number of hydrogen-bond donors (Lipinski definition) is 2. The van der Waals surface area contributed by atoms with Crippen LogP contribution in [0.15, 0.2) is 29.3 Å². The van der Waals surface area contributed by atoms with Gasteiger partial charge in [0.15, 0.2) is 5.96 Å². The summed E-state index contributed by atoms with van der Waals surface area (Å²) in [5.41, 5.74) is 1.20. The number of aliphatic imine (C=N–C) groups is 1. The number of rotatable bonds is 6. The van der Waals surface area contributed by atoms with E-state index in [1.54, 1.807) is 7.11 Å². The lowest BCUT2D eigenvalue weighted by Gasteiger charge is -2.21. The van der Waals surface area contributed by atoms with Crippen LogP contribution >= 0.6 is 24.0 Å². The van der Waals surface area contributed by atoms with Gasteiger partial charge in [-0.3, -0.25) is 4.99 Å². The summed E-state index contributed by atoms with van der Waals surface area (Å²) in [6.07, 6.45) is 2.29. The fourth-order valence-electron chi connectivity index (χ4n) is 2.81. The van der Waals surface area contributed by atoms with Crippen LogP contribution in [0.25, 0.3) is 0 Å². The molecule has 1 atom stereocenters. The van der Waals surface area contributed by atoms with E-state index in [0.717, 1.165) is 44.3 Å². The van der Waals surface area contributed by atoms with E-state index >= 15 is 0 Å². The van der Waals surface area contributed by atoms with E-state index in [1.165, 1.54) is 12.1 Å². The zero-order valence-corrected chi connectivity index (χ0v) is 16.7. The number of ether oxygens (including phenoxy) is 1. The van der Waals surface area contributed by atoms with Gasteiger partial charge in [0.1, 0.15) is 5.75 Å². The summed E-state index contributed by atoms with van der Waals surface area (Å²) < 4.78 is 5.47. The van der Waals surface area contributed by atoms with Crippen LogP contribution in [0, 0.1) is 5.92 Å². The van der Waals surface area contributed by atoms with Gasteiger partial charge in [0, 0.05) is 33.2 Å². The molecule has 0 aromatic heterocycles. The smallest absolute Gasteiger partial charge is 0.190 e. The van der Waals surface area contributed by atoms with Gasteiger partial charge in [0.05, 0.1) is 12.8 Å². The number of methoxy groups -OCH3 is 1. The molecule has 0 bridgehead atoms. The first-order valence-electron chi connectivity index (χ1n) is 8.11. The van der Waals surface area contributed by atoms with Crippen molar-refractivity contribution in [3.63, 3.8) is 0 Å². The molecule has 2 N–H and O–H groups in total. The van der Waals surface area contributed by atoms with Gasteiger partial charge in [0.25, 0.3) is 0 Å². The third-order valence-electron chi connectivity index (χ3n) is 4.04. The largest absolute Gasteiger partial charge is 0.495 e. The van der Waals surface area contributed by atoms with Crippen molar-refractivity contribution in [1.82, 2.24) is 10.6 Å². The molecule has 1 aliphatic heterocycles. The number of benzene rings is 1. The Morgan fingerprint density at radius 1 is 1.35 bits per heavy atom. The monoisotopic (exact) mass is 432 g/mol. The average molecular weight is 432 g/mol. The van der Waals surface area contributed by atoms with E-state index in [9.17, 15) is 0 Å². The Kier molecular flexibility index (Phi) is 9.13. The standard InChI is InChI=1S/C17H28N4O.HI/c1-4-10-19-17(18-2)20-12-14-9-11-21(13-14)15-7-5-6-8-16(15)22-3;/h5-8,14H,4,9-13H2,1-3H3,(H2,18,19,20);1H. The van der Waals surface area contributed by atoms with Crippen molar-refractivity contribution in [1.29, 1.82) is 0 Å². The summed E-state index contributed by atoms with van der Waals surface area (Å²) in [6, 6.07) is 8.24. The van der Waals surface area contributed by atoms with Gasteiger partial charge < -0.3 is 20.3 Å². The highest BCUT2D eigenvalue weighted by molar-refractivity contribution is 14.0. The molecule has 1 aromatic rings. The molecule has 130 valence electrons. The van der Waals surface area contributed by atoms with E-state index in [2.05, 4.69) is 39.6 Å². The van der Waals surface area contributed by atoms with Crippen molar-refractivity contribution in [3.05, 3.63) is 24.3 Å². The van der Waals surface area contributed by atoms with Gasteiger partial charge in [-0.1, -0.05) is 19.1 Å². The summed E-state index contributed by atoms with van der Waals surface area (Å²) in [4.78, 5) is 6.66. The summed E-state index contributed by atoms with van der Waals surface area (Å²) in [7, 11) is 3.55. The highest BCUT2D eigenvalue weighted by Gasteiger charge is 2.24. The minimum Gasteiger partial charge on any atom is -0.495 e. The van der Waals surface area contributed by atoms with E-state index in [4.69, 9.17) is 4.74 Å². The Bertz CT molecular complexity index is 495. The fraction of sp³-hybridized carbons (Fsp3) is 0.588. The van der Waals surface area contributed by atoms with Crippen LogP contribution in [0.3, 0.4) is 0 Å². The summed E-state index contributed by atoms with van der Waals surface area (Å²) in [5, 5.41) is 6.74. The molecule has 0 amide bonds. The third kappa shape index (κ3) is 5.75. The molecule has 2 rings (SSSR count). The second-order valence-electron chi connectivity index (χ2n) is 5.65. The van der Waals surface area contributed by atoms with Crippen LogP contribution < -0.4 is 20.3 Å².